The van der Waals surface area contributed by atoms with E-state index in [9.17, 15) is 24.3 Å². The lowest BCUT2D eigenvalue weighted by Crippen LogP contribution is -2.27. The minimum absolute atomic E-state index is 0.0755. The second-order valence-corrected chi connectivity index (χ2v) is 4.96. The summed E-state index contributed by atoms with van der Waals surface area (Å²) in [4.78, 5) is 46.4. The van der Waals surface area contributed by atoms with Crippen LogP contribution in [0.5, 0.6) is 0 Å². The van der Waals surface area contributed by atoms with E-state index in [0.717, 1.165) is 4.90 Å². The maximum absolute atomic E-state index is 11.9. The fourth-order valence-corrected chi connectivity index (χ4v) is 2.33. The van der Waals surface area contributed by atoms with Gasteiger partial charge in [0, 0.05) is 25.6 Å². The van der Waals surface area contributed by atoms with Crippen molar-refractivity contribution in [2.24, 2.45) is 5.92 Å². The van der Waals surface area contributed by atoms with E-state index < -0.39 is 23.8 Å². The molecule has 22 heavy (non-hydrogen) atoms. The lowest BCUT2D eigenvalue weighted by molar-refractivity contribution is -0.141. The number of carboxylic acids is 2. The topological polar surface area (TPSA) is 124 Å². The molecule has 3 N–H and O–H groups in total. The number of aromatic carboxylic acids is 1. The van der Waals surface area contributed by atoms with E-state index in [-0.39, 0.29) is 35.8 Å². The fraction of sp³-hybridized carbons (Fsp3) is 0.286. The molecule has 1 aliphatic heterocycles. The van der Waals surface area contributed by atoms with Crippen molar-refractivity contribution in [3.8, 4) is 0 Å². The van der Waals surface area contributed by atoms with Crippen LogP contribution in [0.1, 0.15) is 23.7 Å². The average Bonchev–Trinajstić information content (AvgIpc) is 2.80. The van der Waals surface area contributed by atoms with Crippen LogP contribution in [0, 0.1) is 5.92 Å². The first-order valence-corrected chi connectivity index (χ1v) is 6.47. The lowest BCUT2D eigenvalue weighted by atomic mass is 10.1. The largest absolute Gasteiger partial charge is 0.481 e. The normalized spacial score (nSPS) is 17.4. The van der Waals surface area contributed by atoms with E-state index in [1.165, 1.54) is 25.1 Å². The van der Waals surface area contributed by atoms with Crippen molar-refractivity contribution in [1.82, 2.24) is 0 Å². The molecule has 0 saturated carbocycles. The van der Waals surface area contributed by atoms with Gasteiger partial charge in [-0.1, -0.05) is 0 Å². The van der Waals surface area contributed by atoms with Crippen molar-refractivity contribution >= 4 is 35.1 Å². The minimum Gasteiger partial charge on any atom is -0.481 e. The van der Waals surface area contributed by atoms with E-state index in [4.69, 9.17) is 5.11 Å². The van der Waals surface area contributed by atoms with Crippen LogP contribution in [0.15, 0.2) is 18.2 Å². The van der Waals surface area contributed by atoms with Crippen molar-refractivity contribution < 1.29 is 29.4 Å². The Kier molecular flexibility index (Phi) is 4.11. The summed E-state index contributed by atoms with van der Waals surface area (Å²) in [6.07, 6.45) is -0.165. The molecular weight excluding hydrogens is 292 g/mol. The summed E-state index contributed by atoms with van der Waals surface area (Å²) in [6.45, 7) is 1.21. The van der Waals surface area contributed by atoms with E-state index in [0.29, 0.717) is 0 Å². The van der Waals surface area contributed by atoms with Crippen LogP contribution in [0.25, 0.3) is 0 Å². The van der Waals surface area contributed by atoms with Crippen LogP contribution in [0.3, 0.4) is 0 Å². The molecule has 1 aromatic carbocycles. The molecule has 116 valence electrons. The Hall–Kier alpha value is -2.90. The molecule has 8 nitrogen and oxygen atoms in total. The highest BCUT2D eigenvalue weighted by Crippen LogP contribution is 2.30. The Labute approximate surface area is 125 Å². The molecule has 1 heterocycles. The van der Waals surface area contributed by atoms with Crippen molar-refractivity contribution in [3.05, 3.63) is 23.8 Å². The van der Waals surface area contributed by atoms with Crippen LogP contribution in [-0.4, -0.2) is 40.5 Å². The Bertz CT molecular complexity index is 669. The molecule has 1 fully saturated rings. The number of nitrogens with zero attached hydrogens (tertiary/aromatic N) is 1. The van der Waals surface area contributed by atoms with Gasteiger partial charge >= 0.3 is 11.9 Å². The molecule has 0 spiro atoms. The van der Waals surface area contributed by atoms with E-state index >= 15 is 0 Å². The van der Waals surface area contributed by atoms with Gasteiger partial charge in [-0.25, -0.2) is 4.79 Å². The predicted octanol–water partition coefficient (Wildman–Crippen LogP) is 0.781. The summed E-state index contributed by atoms with van der Waals surface area (Å²) in [7, 11) is 0. The lowest BCUT2D eigenvalue weighted by Gasteiger charge is -2.19. The van der Waals surface area contributed by atoms with Gasteiger partial charge in [0.15, 0.2) is 0 Å². The third-order valence-corrected chi connectivity index (χ3v) is 3.31. The molecule has 2 rings (SSSR count). The summed E-state index contributed by atoms with van der Waals surface area (Å²) in [5, 5.41) is 20.7. The number of hydrogen-bond donors (Lipinski definition) is 3. The van der Waals surface area contributed by atoms with Gasteiger partial charge in [-0.15, -0.1) is 0 Å². The van der Waals surface area contributed by atoms with Crippen LogP contribution < -0.4 is 10.2 Å². The number of carbonyl (C=O) groups is 4. The number of anilines is 2. The molecule has 1 aromatic rings. The Morgan fingerprint density at radius 3 is 2.45 bits per heavy atom. The summed E-state index contributed by atoms with van der Waals surface area (Å²) < 4.78 is 0. The number of benzene rings is 1. The molecular formula is C14H14N2O6. The van der Waals surface area contributed by atoms with E-state index in [2.05, 4.69) is 5.32 Å². The van der Waals surface area contributed by atoms with Gasteiger partial charge in [0.25, 0.3) is 0 Å². The van der Waals surface area contributed by atoms with Crippen molar-refractivity contribution in [2.45, 2.75) is 13.3 Å². The Balaban J connectivity index is 2.38. The molecule has 1 aliphatic rings. The molecule has 1 atom stereocenters. The highest BCUT2D eigenvalue weighted by Gasteiger charge is 2.36. The van der Waals surface area contributed by atoms with Gasteiger partial charge in [0.1, 0.15) is 0 Å². The summed E-state index contributed by atoms with van der Waals surface area (Å²) in [6, 6.07) is 4.09. The number of carboxylic acid groups (broad SMARTS) is 2. The van der Waals surface area contributed by atoms with E-state index in [1.807, 2.05) is 0 Å². The van der Waals surface area contributed by atoms with Crippen LogP contribution in [0.4, 0.5) is 11.4 Å². The first-order chi connectivity index (χ1) is 10.3. The number of aliphatic carboxylic acids is 1. The molecule has 0 aromatic heterocycles. The van der Waals surface area contributed by atoms with Crippen LogP contribution in [-0.2, 0) is 14.4 Å². The minimum atomic E-state index is -1.27. The second-order valence-electron chi connectivity index (χ2n) is 4.96. The molecule has 2 amide bonds. The monoisotopic (exact) mass is 306 g/mol. The SMILES string of the molecule is CC(=O)Nc1ccc(N2CC(C(=O)O)CC2=O)c(C(=O)O)c1. The molecule has 8 heteroatoms. The highest BCUT2D eigenvalue weighted by atomic mass is 16.4. The Morgan fingerprint density at radius 2 is 1.95 bits per heavy atom. The highest BCUT2D eigenvalue weighted by molar-refractivity contribution is 6.05. The summed E-state index contributed by atoms with van der Waals surface area (Å²) >= 11 is 0. The summed E-state index contributed by atoms with van der Waals surface area (Å²) in [5.41, 5.74) is 0.232. The fourth-order valence-electron chi connectivity index (χ4n) is 2.33. The van der Waals surface area contributed by atoms with Gasteiger partial charge in [-0.05, 0) is 18.2 Å². The molecule has 0 aliphatic carbocycles. The summed E-state index contributed by atoms with van der Waals surface area (Å²) in [5.74, 6) is -4.02. The first kappa shape index (κ1) is 15.5. The van der Waals surface area contributed by atoms with Crippen molar-refractivity contribution in [3.63, 3.8) is 0 Å². The number of carbonyl (C=O) groups excluding carboxylic acids is 2. The average molecular weight is 306 g/mol. The smallest absolute Gasteiger partial charge is 0.337 e. The molecule has 1 unspecified atom stereocenters. The maximum Gasteiger partial charge on any atom is 0.337 e. The van der Waals surface area contributed by atoms with Crippen LogP contribution in [0.2, 0.25) is 0 Å². The van der Waals surface area contributed by atoms with Gasteiger partial charge < -0.3 is 20.4 Å². The van der Waals surface area contributed by atoms with Gasteiger partial charge in [-0.2, -0.15) is 0 Å². The number of hydrogen-bond acceptors (Lipinski definition) is 4. The zero-order valence-electron chi connectivity index (χ0n) is 11.7. The van der Waals surface area contributed by atoms with Gasteiger partial charge in [0.2, 0.25) is 11.8 Å². The molecule has 0 radical (unpaired) electrons. The molecule has 0 bridgehead atoms. The van der Waals surface area contributed by atoms with Crippen molar-refractivity contribution in [2.75, 3.05) is 16.8 Å². The number of nitrogens with one attached hydrogen (secondary N) is 1. The van der Waals surface area contributed by atoms with Crippen LogP contribution >= 0.6 is 0 Å². The zero-order chi connectivity index (χ0) is 16.4. The third-order valence-electron chi connectivity index (χ3n) is 3.31. The standard InChI is InChI=1S/C14H14N2O6/c1-7(17)15-9-2-3-11(10(5-9)14(21)22)16-6-8(13(19)20)4-12(16)18/h2-3,5,8H,4,6H2,1H3,(H,15,17)(H,19,20)(H,21,22). The third kappa shape index (κ3) is 3.05. The van der Waals surface area contributed by atoms with Gasteiger partial charge in [-0.3, -0.25) is 14.4 Å². The quantitative estimate of drug-likeness (QED) is 0.755. The first-order valence-electron chi connectivity index (χ1n) is 6.47. The molecule has 1 saturated heterocycles. The van der Waals surface area contributed by atoms with E-state index in [1.54, 1.807) is 0 Å². The predicted molar refractivity (Wildman–Crippen MR) is 75.8 cm³/mol. The second kappa shape index (κ2) is 5.84. The Morgan fingerprint density at radius 1 is 1.27 bits per heavy atom. The zero-order valence-corrected chi connectivity index (χ0v) is 11.7. The maximum atomic E-state index is 11.9. The number of amides is 2. The van der Waals surface area contributed by atoms with Gasteiger partial charge in [0.05, 0.1) is 17.2 Å². The van der Waals surface area contributed by atoms with Crippen molar-refractivity contribution in [1.29, 1.82) is 0 Å². The number of rotatable bonds is 4.